The second-order valence-electron chi connectivity index (χ2n) is 23.6. The number of nitrogens with one attached hydrogen (secondary N) is 3. The van der Waals surface area contributed by atoms with Gasteiger partial charge in [0.2, 0.25) is 0 Å². The smallest absolute Gasteiger partial charge is 0.407 e. The van der Waals surface area contributed by atoms with Crippen molar-refractivity contribution in [1.82, 2.24) is 16.0 Å². The molecule has 14 nitrogen and oxygen atoms in total. The molecule has 5 heterocycles. The number of aliphatic hydroxyl groups is 1. The molecule has 5 aliphatic heterocycles. The van der Waals surface area contributed by atoms with Gasteiger partial charge in [-0.25, -0.2) is 27.2 Å². The number of amides is 2. The predicted octanol–water partition coefficient (Wildman–Crippen LogP) is 8.43. The summed E-state index contributed by atoms with van der Waals surface area (Å²) in [7, 11) is 0. The summed E-state index contributed by atoms with van der Waals surface area (Å²) in [5.74, 6) is -2.70. The minimum Gasteiger partial charge on any atom is -0.444 e. The summed E-state index contributed by atoms with van der Waals surface area (Å²) in [6, 6.07) is 23.7. The van der Waals surface area contributed by atoms with Gasteiger partial charge in [-0.2, -0.15) is 0 Å². The van der Waals surface area contributed by atoms with Gasteiger partial charge >= 0.3 is 12.2 Å². The maximum absolute atomic E-state index is 13.8. The average Bonchev–Trinajstić information content (AvgIpc) is 4.31. The van der Waals surface area contributed by atoms with E-state index >= 15 is 0 Å². The van der Waals surface area contributed by atoms with Gasteiger partial charge in [-0.15, -0.1) is 0 Å². The van der Waals surface area contributed by atoms with Crippen molar-refractivity contribution in [2.45, 2.75) is 164 Å². The molecule has 76 heavy (non-hydrogen) atoms. The Morgan fingerprint density at radius 2 is 1.14 bits per heavy atom. The number of hydrogen-bond acceptors (Lipinski definition) is 12. The summed E-state index contributed by atoms with van der Waals surface area (Å²) in [6.45, 7) is 14.8. The summed E-state index contributed by atoms with van der Waals surface area (Å²) in [5.41, 5.74) is 10.4. The molecule has 11 rings (SSSR count). The van der Waals surface area contributed by atoms with E-state index in [0.29, 0.717) is 42.0 Å². The third-order valence-electron chi connectivity index (χ3n) is 14.9. The highest BCUT2D eigenvalue weighted by molar-refractivity contribution is 5.69. The molecule has 412 valence electrons. The third kappa shape index (κ3) is 14.7. The van der Waals surface area contributed by atoms with Crippen LogP contribution in [0.15, 0.2) is 84.9 Å². The van der Waals surface area contributed by atoms with E-state index in [2.05, 4.69) is 74.3 Å². The SMILES string of the molecule is CC(C)(C)OC(=O)NC(Cc1cc(F)cc(F)c1)C(O)CNC1(c2cccc(N3CC4CC3CO4)c2)CC1.CC(C)(C)OC(=O)NC(Cc1cc(F)cc(F)c1)C1CO1.NC1(c2cccc(N3CC4CC3CO4)c2)CC1. The van der Waals surface area contributed by atoms with Crippen LogP contribution in [0.3, 0.4) is 0 Å². The van der Waals surface area contributed by atoms with Crippen molar-refractivity contribution in [1.29, 1.82) is 0 Å². The van der Waals surface area contributed by atoms with Gasteiger partial charge in [0.25, 0.3) is 0 Å². The number of morpholine rings is 2. The van der Waals surface area contributed by atoms with Crippen LogP contribution in [-0.4, -0.2) is 117 Å². The van der Waals surface area contributed by atoms with Crippen LogP contribution in [0, 0.1) is 23.3 Å². The van der Waals surface area contributed by atoms with E-state index in [-0.39, 0.29) is 42.6 Å². The molecule has 4 aromatic rings. The van der Waals surface area contributed by atoms with E-state index in [9.17, 15) is 32.3 Å². The van der Waals surface area contributed by atoms with E-state index in [1.54, 1.807) is 41.5 Å². The predicted molar refractivity (Wildman–Crippen MR) is 280 cm³/mol. The first-order valence-electron chi connectivity index (χ1n) is 26.7. The van der Waals surface area contributed by atoms with Crippen molar-refractivity contribution in [3.63, 3.8) is 0 Å². The van der Waals surface area contributed by atoms with Crippen LogP contribution < -0.4 is 31.5 Å². The zero-order chi connectivity index (χ0) is 54.2. The lowest BCUT2D eigenvalue weighted by atomic mass is 9.99. The van der Waals surface area contributed by atoms with E-state index in [4.69, 9.17) is 29.4 Å². The van der Waals surface area contributed by atoms with Gasteiger partial charge in [0.05, 0.1) is 62.3 Å². The lowest BCUT2D eigenvalue weighted by molar-refractivity contribution is 0.0417. The van der Waals surface area contributed by atoms with E-state index in [1.165, 1.54) is 47.6 Å². The summed E-state index contributed by atoms with van der Waals surface area (Å²) >= 11 is 0. The Labute approximate surface area is 443 Å². The Morgan fingerprint density at radius 3 is 1.58 bits per heavy atom. The molecule has 7 aliphatic rings. The number of alkyl carbamates (subject to hydrolysis) is 2. The molecule has 2 aliphatic carbocycles. The molecule has 8 atom stereocenters. The number of rotatable bonds is 15. The number of fused-ring (bicyclic) bond motifs is 4. The van der Waals surface area contributed by atoms with Gasteiger partial charge in [0.1, 0.15) is 40.6 Å². The second-order valence-corrected chi connectivity index (χ2v) is 23.6. The number of aliphatic hydroxyl groups excluding tert-OH is 1. The highest BCUT2D eigenvalue weighted by Crippen LogP contribution is 2.47. The van der Waals surface area contributed by atoms with Gasteiger partial charge in [0.15, 0.2) is 0 Å². The minimum absolute atomic E-state index is 0.0226. The lowest BCUT2D eigenvalue weighted by Crippen LogP contribution is -2.51. The molecular formula is C58H74F4N6O8. The van der Waals surface area contributed by atoms with Crippen LogP contribution in [0.25, 0.3) is 0 Å². The first-order chi connectivity index (χ1) is 36.0. The molecule has 8 unspecified atom stereocenters. The number of benzene rings is 4. The van der Waals surface area contributed by atoms with Crippen molar-refractivity contribution < 1.29 is 55.9 Å². The molecule has 0 spiro atoms. The lowest BCUT2D eigenvalue weighted by Gasteiger charge is -2.31. The monoisotopic (exact) mass is 1060 g/mol. The number of anilines is 2. The van der Waals surface area contributed by atoms with Crippen LogP contribution >= 0.6 is 0 Å². The molecule has 2 saturated carbocycles. The maximum Gasteiger partial charge on any atom is 0.407 e. The molecule has 0 radical (unpaired) electrons. The Kier molecular flexibility index (Phi) is 16.3. The summed E-state index contributed by atoms with van der Waals surface area (Å²) in [4.78, 5) is 29.2. The number of carbonyl (C=O) groups is 2. The summed E-state index contributed by atoms with van der Waals surface area (Å²) < 4.78 is 81.2. The number of nitrogens with zero attached hydrogens (tertiary/aromatic N) is 2. The van der Waals surface area contributed by atoms with Crippen molar-refractivity contribution in [2.75, 3.05) is 49.3 Å². The summed E-state index contributed by atoms with van der Waals surface area (Å²) in [5, 5.41) is 20.1. The fourth-order valence-corrected chi connectivity index (χ4v) is 10.7. The van der Waals surface area contributed by atoms with Crippen LogP contribution in [0.2, 0.25) is 0 Å². The highest BCUT2D eigenvalue weighted by atomic mass is 19.1. The number of ether oxygens (including phenoxy) is 5. The van der Waals surface area contributed by atoms with Crippen molar-refractivity contribution in [3.8, 4) is 0 Å². The average molecular weight is 1060 g/mol. The fraction of sp³-hybridized carbons (Fsp3) is 0.552. The Morgan fingerprint density at radius 1 is 0.671 bits per heavy atom. The van der Waals surface area contributed by atoms with Crippen LogP contribution in [-0.2, 0) is 47.6 Å². The van der Waals surface area contributed by atoms with Gasteiger partial charge in [-0.05, 0) is 164 Å². The number of hydrogen-bond donors (Lipinski definition) is 5. The van der Waals surface area contributed by atoms with Crippen molar-refractivity contribution in [2.24, 2.45) is 5.73 Å². The number of epoxide rings is 1. The number of carbonyl (C=O) groups excluding carboxylic acids is 2. The van der Waals surface area contributed by atoms with Gasteiger partial charge in [0, 0.05) is 54.2 Å². The number of halogens is 4. The second kappa shape index (κ2) is 22.5. The Hall–Kier alpha value is -5.50. The van der Waals surface area contributed by atoms with Crippen molar-refractivity contribution >= 4 is 23.6 Å². The van der Waals surface area contributed by atoms with E-state index in [1.807, 2.05) is 0 Å². The standard InChI is InChI=1S/C29H37F2N3O4.C15H19F2NO3.C14H18N2O/c1-28(2,3)38-27(36)33-25(11-18-9-20(30)13-21(31)10-18)26(35)15-32-29(7-8-29)19-5-4-6-22(12-19)34-16-24-14-23(34)17-37-24;1-15(2,3)21-14(19)18-12(13-8-20-13)6-9-4-10(16)7-11(17)5-9;15-14(4-5-14)10-2-1-3-11(6-10)16-8-13-7-12(16)9-17-13/h4-6,9-10,12-13,23-26,32,35H,7-8,11,14-17H2,1-3H3,(H,33,36);4-5,7,12-13H,6,8H2,1-3H3,(H,18,19);1-3,6,12-13H,4-5,7-9,15H2. The molecule has 7 fully saturated rings. The summed E-state index contributed by atoms with van der Waals surface area (Å²) in [6.07, 6.45) is 5.02. The molecule has 4 bridgehead atoms. The molecule has 0 aromatic heterocycles. The van der Waals surface area contributed by atoms with Gasteiger partial charge in [-0.1, -0.05) is 24.3 Å². The largest absolute Gasteiger partial charge is 0.444 e. The Bertz CT molecular complexity index is 2650. The minimum atomic E-state index is -1.03. The molecule has 4 aromatic carbocycles. The molecular weight excluding hydrogens is 985 g/mol. The van der Waals surface area contributed by atoms with Crippen LogP contribution in [0.4, 0.5) is 38.5 Å². The van der Waals surface area contributed by atoms with Gasteiger partial charge in [-0.3, -0.25) is 0 Å². The molecule has 5 saturated heterocycles. The first kappa shape index (κ1) is 55.3. The molecule has 18 heteroatoms. The normalized spacial score (nSPS) is 24.3. The zero-order valence-corrected chi connectivity index (χ0v) is 44.4. The van der Waals surface area contributed by atoms with E-state index in [0.717, 1.165) is 76.1 Å². The van der Waals surface area contributed by atoms with E-state index < -0.39 is 58.8 Å². The maximum atomic E-state index is 13.8. The molecule has 2 amide bonds. The first-order valence-corrected chi connectivity index (χ1v) is 26.7. The molecule has 6 N–H and O–H groups in total. The quantitative estimate of drug-likeness (QED) is 0.0570. The van der Waals surface area contributed by atoms with Crippen LogP contribution in [0.1, 0.15) is 102 Å². The van der Waals surface area contributed by atoms with Crippen LogP contribution in [0.5, 0.6) is 0 Å². The van der Waals surface area contributed by atoms with Crippen molar-refractivity contribution in [3.05, 3.63) is 130 Å². The topological polar surface area (TPSA) is 172 Å². The fourth-order valence-electron chi connectivity index (χ4n) is 10.7. The third-order valence-corrected chi connectivity index (χ3v) is 14.9. The van der Waals surface area contributed by atoms with Gasteiger partial charge < -0.3 is 60.3 Å². The Balaban J connectivity index is 0.000000155. The highest BCUT2D eigenvalue weighted by Gasteiger charge is 2.46. The number of nitrogens with two attached hydrogens (primary N) is 1. The zero-order valence-electron chi connectivity index (χ0n) is 44.4.